The molecule has 0 aromatic carbocycles. The lowest BCUT2D eigenvalue weighted by atomic mass is 10.1. The zero-order valence-corrected chi connectivity index (χ0v) is 10.9. The average molecular weight is 257 g/mol. The van der Waals surface area contributed by atoms with E-state index in [1.807, 2.05) is 6.92 Å². The summed E-state index contributed by atoms with van der Waals surface area (Å²) in [5.41, 5.74) is 1.51. The van der Waals surface area contributed by atoms with Gasteiger partial charge in [-0.1, -0.05) is 18.5 Å². The van der Waals surface area contributed by atoms with Crippen LogP contribution in [0.15, 0.2) is 0 Å². The number of hydrogen-bond donors (Lipinski definition) is 1. The Morgan fingerprint density at radius 2 is 2.29 bits per heavy atom. The smallest absolute Gasteiger partial charge is 0.167 e. The molecule has 2 rings (SSSR count). The average Bonchev–Trinajstić information content (AvgIpc) is 3.10. The number of Topliss-reactive ketones (excluding diaryl/α,β-unsaturated/α-hetero) is 1. The van der Waals surface area contributed by atoms with Gasteiger partial charge in [0.2, 0.25) is 0 Å². The zero-order chi connectivity index (χ0) is 12.6. The topological polar surface area (TPSA) is 55.1 Å². The molecule has 0 radical (unpaired) electrons. The summed E-state index contributed by atoms with van der Waals surface area (Å²) in [6.07, 6.45) is 1.98. The fraction of sp³-hybridized carbons (Fsp3) is 0.667. The van der Waals surface area contributed by atoms with Crippen molar-refractivity contribution < 1.29 is 9.90 Å². The van der Waals surface area contributed by atoms with Gasteiger partial charge >= 0.3 is 0 Å². The summed E-state index contributed by atoms with van der Waals surface area (Å²) in [6, 6.07) is 0. The van der Waals surface area contributed by atoms with Crippen molar-refractivity contribution in [1.82, 2.24) is 9.78 Å². The highest BCUT2D eigenvalue weighted by molar-refractivity contribution is 6.32. The van der Waals surface area contributed by atoms with E-state index in [4.69, 9.17) is 11.6 Å². The fourth-order valence-electron chi connectivity index (χ4n) is 1.96. The largest absolute Gasteiger partial charge is 0.385 e. The molecule has 1 aromatic heterocycles. The van der Waals surface area contributed by atoms with Crippen molar-refractivity contribution in [3.63, 3.8) is 0 Å². The minimum absolute atomic E-state index is 0.153. The number of aliphatic hydroxyl groups is 1. The summed E-state index contributed by atoms with van der Waals surface area (Å²) < 4.78 is 1.64. The van der Waals surface area contributed by atoms with E-state index in [9.17, 15) is 9.90 Å². The molecule has 0 saturated heterocycles. The third-order valence-corrected chi connectivity index (χ3v) is 3.68. The first kappa shape index (κ1) is 12.6. The van der Waals surface area contributed by atoms with E-state index in [0.29, 0.717) is 10.7 Å². The summed E-state index contributed by atoms with van der Waals surface area (Å²) in [5.74, 6) is 0.0141. The van der Waals surface area contributed by atoms with E-state index < -0.39 is 6.10 Å². The molecular weight excluding hydrogens is 240 g/mol. The van der Waals surface area contributed by atoms with E-state index in [2.05, 4.69) is 5.10 Å². The van der Waals surface area contributed by atoms with Crippen molar-refractivity contribution in [3.05, 3.63) is 16.4 Å². The fourth-order valence-corrected chi connectivity index (χ4v) is 2.32. The van der Waals surface area contributed by atoms with Gasteiger partial charge in [-0.25, -0.2) is 0 Å². The molecule has 4 nitrogen and oxygen atoms in total. The van der Waals surface area contributed by atoms with Gasteiger partial charge in [0, 0.05) is 7.05 Å². The monoisotopic (exact) mass is 256 g/mol. The number of aryl methyl sites for hydroxylation is 2. The third kappa shape index (κ3) is 2.53. The number of carbonyl (C=O) groups is 1. The quantitative estimate of drug-likeness (QED) is 0.869. The first-order valence-corrected chi connectivity index (χ1v) is 6.33. The molecule has 1 aromatic rings. The van der Waals surface area contributed by atoms with Crippen LogP contribution >= 0.6 is 11.6 Å². The van der Waals surface area contributed by atoms with Crippen molar-refractivity contribution in [3.8, 4) is 0 Å². The van der Waals surface area contributed by atoms with Crippen molar-refractivity contribution >= 4 is 17.4 Å². The number of hydrogen-bond acceptors (Lipinski definition) is 3. The van der Waals surface area contributed by atoms with E-state index >= 15 is 0 Å². The molecule has 0 amide bonds. The Kier molecular flexibility index (Phi) is 3.54. The Bertz CT molecular complexity index is 438. The van der Waals surface area contributed by atoms with Crippen LogP contribution < -0.4 is 0 Å². The Balaban J connectivity index is 2.12. The Hall–Kier alpha value is -0.870. The predicted octanol–water partition coefficient (Wildman–Crippen LogP) is 1.52. The van der Waals surface area contributed by atoms with Gasteiger partial charge in [0.25, 0.3) is 0 Å². The second-order valence-electron chi connectivity index (χ2n) is 4.61. The van der Waals surface area contributed by atoms with Crippen molar-refractivity contribution in [1.29, 1.82) is 0 Å². The number of aliphatic hydroxyl groups excluding tert-OH is 1. The van der Waals surface area contributed by atoms with Crippen LogP contribution in [0.1, 0.15) is 31.2 Å². The molecule has 94 valence electrons. The lowest BCUT2D eigenvalue weighted by Crippen LogP contribution is -2.25. The molecule has 1 N–H and O–H groups in total. The number of nitrogens with zero attached hydrogens (tertiary/aromatic N) is 2. The van der Waals surface area contributed by atoms with E-state index in [1.54, 1.807) is 11.7 Å². The third-order valence-electron chi connectivity index (χ3n) is 3.24. The van der Waals surface area contributed by atoms with Gasteiger partial charge in [-0.05, 0) is 25.2 Å². The summed E-state index contributed by atoms with van der Waals surface area (Å²) in [6.45, 7) is 1.97. The molecule has 0 aliphatic heterocycles. The summed E-state index contributed by atoms with van der Waals surface area (Å²) in [7, 11) is 1.77. The van der Waals surface area contributed by atoms with Crippen LogP contribution in [0.4, 0.5) is 0 Å². The second-order valence-corrected chi connectivity index (χ2v) is 4.99. The molecule has 1 saturated carbocycles. The number of rotatable bonds is 5. The van der Waals surface area contributed by atoms with Crippen molar-refractivity contribution in [2.24, 2.45) is 13.0 Å². The predicted molar refractivity (Wildman–Crippen MR) is 65.0 cm³/mol. The van der Waals surface area contributed by atoms with Gasteiger partial charge in [-0.15, -0.1) is 0 Å². The SMILES string of the molecule is CCc1nn(C)c(CC(=O)C(O)C2CC2)c1Cl. The molecule has 1 aliphatic carbocycles. The first-order valence-electron chi connectivity index (χ1n) is 5.95. The van der Waals surface area contributed by atoms with E-state index in [-0.39, 0.29) is 18.1 Å². The van der Waals surface area contributed by atoms with Crippen LogP contribution in [0.5, 0.6) is 0 Å². The van der Waals surface area contributed by atoms with Crippen molar-refractivity contribution in [2.75, 3.05) is 0 Å². The maximum Gasteiger partial charge on any atom is 0.167 e. The molecule has 1 fully saturated rings. The van der Waals surface area contributed by atoms with Crippen LogP contribution in [0.25, 0.3) is 0 Å². The number of aromatic nitrogens is 2. The minimum Gasteiger partial charge on any atom is -0.385 e. The maximum atomic E-state index is 11.8. The molecule has 0 bridgehead atoms. The van der Waals surface area contributed by atoms with E-state index in [1.165, 1.54) is 0 Å². The molecule has 0 spiro atoms. The molecule has 17 heavy (non-hydrogen) atoms. The number of carbonyl (C=O) groups excluding carboxylic acids is 1. The Morgan fingerprint density at radius 1 is 1.65 bits per heavy atom. The highest BCUT2D eigenvalue weighted by Crippen LogP contribution is 2.33. The number of ketones is 1. The standard InChI is InChI=1S/C12H17ClN2O2/c1-3-8-11(13)9(15(2)14-8)6-10(16)12(17)7-4-5-7/h7,12,17H,3-6H2,1-2H3. The maximum absolute atomic E-state index is 11.8. The van der Waals surface area contributed by atoms with Gasteiger partial charge in [0.1, 0.15) is 6.10 Å². The summed E-state index contributed by atoms with van der Waals surface area (Å²) >= 11 is 6.16. The van der Waals surface area contributed by atoms with Gasteiger partial charge < -0.3 is 5.11 Å². The highest BCUT2D eigenvalue weighted by atomic mass is 35.5. The lowest BCUT2D eigenvalue weighted by Gasteiger charge is -2.08. The van der Waals surface area contributed by atoms with Crippen LogP contribution in [0.3, 0.4) is 0 Å². The highest BCUT2D eigenvalue weighted by Gasteiger charge is 2.35. The van der Waals surface area contributed by atoms with Crippen LogP contribution in [-0.2, 0) is 24.7 Å². The second kappa shape index (κ2) is 4.78. The Labute approximate surface area is 106 Å². The zero-order valence-electron chi connectivity index (χ0n) is 10.1. The summed E-state index contributed by atoms with van der Waals surface area (Å²) in [5, 5.41) is 14.6. The van der Waals surface area contributed by atoms with E-state index in [0.717, 1.165) is 25.0 Å². The summed E-state index contributed by atoms with van der Waals surface area (Å²) in [4.78, 5) is 11.8. The van der Waals surface area contributed by atoms with Crippen molar-refractivity contribution in [2.45, 2.75) is 38.7 Å². The van der Waals surface area contributed by atoms with Crippen LogP contribution in [-0.4, -0.2) is 26.8 Å². The van der Waals surface area contributed by atoms with Gasteiger partial charge in [0.15, 0.2) is 5.78 Å². The first-order chi connectivity index (χ1) is 8.04. The molecule has 1 aliphatic rings. The van der Waals surface area contributed by atoms with Gasteiger partial charge in [0.05, 0.1) is 22.8 Å². The van der Waals surface area contributed by atoms with Gasteiger partial charge in [-0.2, -0.15) is 5.10 Å². The van der Waals surface area contributed by atoms with Crippen LogP contribution in [0, 0.1) is 5.92 Å². The lowest BCUT2D eigenvalue weighted by molar-refractivity contribution is -0.127. The number of halogens is 1. The molecule has 5 heteroatoms. The van der Waals surface area contributed by atoms with Gasteiger partial charge in [-0.3, -0.25) is 9.48 Å². The minimum atomic E-state index is -0.828. The Morgan fingerprint density at radius 3 is 2.76 bits per heavy atom. The molecule has 1 heterocycles. The molecule has 1 atom stereocenters. The normalized spacial score (nSPS) is 17.2. The molecular formula is C12H17ClN2O2. The van der Waals surface area contributed by atoms with Crippen LogP contribution in [0.2, 0.25) is 5.02 Å². The molecule has 1 unspecified atom stereocenters.